The largest absolute Gasteiger partial charge is 0.376 e. The maximum atomic E-state index is 6.00. The lowest BCUT2D eigenvalue weighted by molar-refractivity contribution is -0.0836. The van der Waals surface area contributed by atoms with E-state index in [1.807, 2.05) is 12.3 Å². The van der Waals surface area contributed by atoms with Crippen molar-refractivity contribution >= 4 is 6.21 Å². The van der Waals surface area contributed by atoms with E-state index in [0.717, 1.165) is 32.4 Å². The molecule has 25 heavy (non-hydrogen) atoms. The van der Waals surface area contributed by atoms with Crippen molar-refractivity contribution in [3.8, 4) is 0 Å². The molecule has 0 amide bonds. The van der Waals surface area contributed by atoms with Crippen molar-refractivity contribution in [3.63, 3.8) is 0 Å². The molecule has 0 radical (unpaired) electrons. The molecule has 1 heterocycles. The average Bonchev–Trinajstić information content (AvgIpc) is 2.59. The summed E-state index contributed by atoms with van der Waals surface area (Å²) in [5, 5.41) is 0. The van der Waals surface area contributed by atoms with Crippen LogP contribution in [0.4, 0.5) is 0 Å². The highest BCUT2D eigenvalue weighted by atomic mass is 16.5. The quantitative estimate of drug-likeness (QED) is 0.677. The molecule has 2 heteroatoms. The van der Waals surface area contributed by atoms with Crippen molar-refractivity contribution in [2.45, 2.75) is 51.0 Å². The van der Waals surface area contributed by atoms with Gasteiger partial charge in [0, 0.05) is 24.8 Å². The van der Waals surface area contributed by atoms with Crippen LogP contribution < -0.4 is 0 Å². The first-order valence-electron chi connectivity index (χ1n) is 9.25. The number of nitrogens with zero attached hydrogens (tertiary/aromatic N) is 1. The number of rotatable bonds is 5. The molecule has 0 bridgehead atoms. The Bertz CT molecular complexity index is 703. The van der Waals surface area contributed by atoms with Gasteiger partial charge in [-0.25, -0.2) is 0 Å². The molecule has 2 aromatic carbocycles. The van der Waals surface area contributed by atoms with Crippen molar-refractivity contribution in [1.82, 2.24) is 0 Å². The first kappa shape index (κ1) is 17.9. The molecule has 0 spiro atoms. The minimum absolute atomic E-state index is 0.0771. The maximum Gasteiger partial charge on any atom is 0.0635 e. The molecular weight excluding hydrogens is 306 g/mol. The zero-order valence-corrected chi connectivity index (χ0v) is 15.7. The van der Waals surface area contributed by atoms with Gasteiger partial charge in [-0.05, 0) is 51.2 Å². The van der Waals surface area contributed by atoms with E-state index in [9.17, 15) is 0 Å². The minimum Gasteiger partial charge on any atom is -0.376 e. The summed E-state index contributed by atoms with van der Waals surface area (Å²) in [5.74, 6) is 0. The summed E-state index contributed by atoms with van der Waals surface area (Å²) in [4.78, 5) is 4.71. The second kappa shape index (κ2) is 7.53. The van der Waals surface area contributed by atoms with Gasteiger partial charge in [0.1, 0.15) is 0 Å². The van der Waals surface area contributed by atoms with Gasteiger partial charge in [-0.1, -0.05) is 60.2 Å². The summed E-state index contributed by atoms with van der Waals surface area (Å²) in [5.41, 5.74) is 3.99. The summed E-state index contributed by atoms with van der Waals surface area (Å²) in [6.07, 6.45) is 5.17. The van der Waals surface area contributed by atoms with Crippen molar-refractivity contribution < 1.29 is 4.74 Å². The van der Waals surface area contributed by atoms with Crippen LogP contribution in [0.5, 0.6) is 0 Å². The zero-order valence-electron chi connectivity index (χ0n) is 15.7. The molecule has 2 aromatic rings. The summed E-state index contributed by atoms with van der Waals surface area (Å²) >= 11 is 0. The first-order chi connectivity index (χ1) is 12.0. The van der Waals surface area contributed by atoms with Gasteiger partial charge in [-0.15, -0.1) is 0 Å². The van der Waals surface area contributed by atoms with Crippen LogP contribution in [0.1, 0.15) is 49.8 Å². The smallest absolute Gasteiger partial charge is 0.0635 e. The van der Waals surface area contributed by atoms with Crippen molar-refractivity contribution in [2.75, 3.05) is 13.2 Å². The lowest BCUT2D eigenvalue weighted by Gasteiger charge is -2.45. The number of hydrogen-bond donors (Lipinski definition) is 0. The second-order valence-electron chi connectivity index (χ2n) is 7.88. The van der Waals surface area contributed by atoms with Crippen molar-refractivity contribution in [3.05, 3.63) is 71.3 Å². The molecule has 2 nitrogen and oxygen atoms in total. The highest BCUT2D eigenvalue weighted by Crippen LogP contribution is 2.44. The van der Waals surface area contributed by atoms with Gasteiger partial charge < -0.3 is 4.74 Å². The van der Waals surface area contributed by atoms with E-state index in [4.69, 9.17) is 9.73 Å². The van der Waals surface area contributed by atoms with Gasteiger partial charge in [0.05, 0.1) is 5.60 Å². The van der Waals surface area contributed by atoms with Crippen molar-refractivity contribution in [2.24, 2.45) is 4.99 Å². The van der Waals surface area contributed by atoms with Gasteiger partial charge in [0.25, 0.3) is 0 Å². The first-order valence-corrected chi connectivity index (χ1v) is 9.25. The Balaban J connectivity index is 1.77. The van der Waals surface area contributed by atoms with Crippen LogP contribution >= 0.6 is 0 Å². The SMILES string of the molecule is Cc1ccc([C@]2(CCN=Cc3ccccc3)CCOC(C)(C)C2)cc1. The minimum atomic E-state index is -0.0771. The lowest BCUT2D eigenvalue weighted by atomic mass is 9.67. The standard InChI is InChI=1S/C23H29NO/c1-19-9-11-21(12-10-19)23(14-16-25-22(2,3)18-23)13-15-24-17-20-7-5-4-6-8-20/h4-12,17H,13-16,18H2,1-3H3/t23-/m1/s1. The fourth-order valence-corrected chi connectivity index (χ4v) is 3.98. The Labute approximate surface area is 152 Å². The van der Waals surface area contributed by atoms with E-state index in [1.54, 1.807) is 0 Å². The van der Waals surface area contributed by atoms with E-state index >= 15 is 0 Å². The molecular formula is C23H29NO. The molecule has 0 unspecified atom stereocenters. The van der Waals surface area contributed by atoms with Crippen LogP contribution in [0.15, 0.2) is 59.6 Å². The van der Waals surface area contributed by atoms with Gasteiger partial charge in [-0.3, -0.25) is 4.99 Å². The van der Waals surface area contributed by atoms with E-state index in [0.29, 0.717) is 0 Å². The second-order valence-corrected chi connectivity index (χ2v) is 7.88. The van der Waals surface area contributed by atoms with E-state index in [1.165, 1.54) is 16.7 Å². The van der Waals surface area contributed by atoms with Gasteiger partial charge in [-0.2, -0.15) is 0 Å². The maximum absolute atomic E-state index is 6.00. The van der Waals surface area contributed by atoms with Crippen LogP contribution in [0.25, 0.3) is 0 Å². The fraction of sp³-hybridized carbons (Fsp3) is 0.435. The molecule has 1 fully saturated rings. The predicted molar refractivity (Wildman–Crippen MR) is 106 cm³/mol. The highest BCUT2D eigenvalue weighted by molar-refractivity contribution is 5.79. The van der Waals surface area contributed by atoms with Gasteiger partial charge in [0.15, 0.2) is 0 Å². The fourth-order valence-electron chi connectivity index (χ4n) is 3.98. The predicted octanol–water partition coefficient (Wildman–Crippen LogP) is 5.33. The number of aryl methyl sites for hydroxylation is 1. The number of aliphatic imine (C=N–C) groups is 1. The van der Waals surface area contributed by atoms with Gasteiger partial charge in [0.2, 0.25) is 0 Å². The molecule has 1 atom stereocenters. The third kappa shape index (κ3) is 4.58. The van der Waals surface area contributed by atoms with Crippen LogP contribution in [0.3, 0.4) is 0 Å². The molecule has 0 aliphatic carbocycles. The van der Waals surface area contributed by atoms with E-state index < -0.39 is 0 Å². The topological polar surface area (TPSA) is 21.6 Å². The highest BCUT2D eigenvalue weighted by Gasteiger charge is 2.41. The number of benzene rings is 2. The third-order valence-corrected chi connectivity index (χ3v) is 5.26. The Morgan fingerprint density at radius 2 is 1.76 bits per heavy atom. The summed E-state index contributed by atoms with van der Waals surface area (Å²) in [6, 6.07) is 19.4. The lowest BCUT2D eigenvalue weighted by Crippen LogP contribution is -2.44. The van der Waals surface area contributed by atoms with Gasteiger partial charge >= 0.3 is 0 Å². The molecule has 132 valence electrons. The molecule has 1 aliphatic heterocycles. The molecule has 0 saturated carbocycles. The Kier molecular flexibility index (Phi) is 5.39. The Morgan fingerprint density at radius 1 is 1.04 bits per heavy atom. The van der Waals surface area contributed by atoms with Crippen LogP contribution in [0, 0.1) is 6.92 Å². The number of ether oxygens (including phenoxy) is 1. The summed E-state index contributed by atoms with van der Waals surface area (Å²) < 4.78 is 6.00. The monoisotopic (exact) mass is 335 g/mol. The molecule has 0 N–H and O–H groups in total. The molecule has 1 aliphatic rings. The molecule has 1 saturated heterocycles. The third-order valence-electron chi connectivity index (χ3n) is 5.26. The van der Waals surface area contributed by atoms with E-state index in [-0.39, 0.29) is 11.0 Å². The zero-order chi connectivity index (χ0) is 17.8. The van der Waals surface area contributed by atoms with Crippen molar-refractivity contribution in [1.29, 1.82) is 0 Å². The summed E-state index contributed by atoms with van der Waals surface area (Å²) in [7, 11) is 0. The average molecular weight is 335 g/mol. The van der Waals surface area contributed by atoms with Crippen LogP contribution in [-0.2, 0) is 10.2 Å². The van der Waals surface area contributed by atoms with E-state index in [2.05, 4.69) is 69.3 Å². The Hall–Kier alpha value is -1.93. The molecule has 3 rings (SSSR count). The van der Waals surface area contributed by atoms with Crippen LogP contribution in [-0.4, -0.2) is 25.0 Å². The van der Waals surface area contributed by atoms with Crippen LogP contribution in [0.2, 0.25) is 0 Å². The normalized spacial score (nSPS) is 23.0. The number of hydrogen-bond acceptors (Lipinski definition) is 2. The summed E-state index contributed by atoms with van der Waals surface area (Å²) in [6.45, 7) is 8.24. The molecule has 0 aromatic heterocycles. The Morgan fingerprint density at radius 3 is 2.44 bits per heavy atom.